The van der Waals surface area contributed by atoms with E-state index in [2.05, 4.69) is 4.44 Å². The molecule has 0 amide bonds. The van der Waals surface area contributed by atoms with Crippen LogP contribution in [0.2, 0.25) is 0 Å². The van der Waals surface area contributed by atoms with Gasteiger partial charge in [-0.2, -0.15) is 5.26 Å². The fourth-order valence-corrected chi connectivity index (χ4v) is 1.36. The van der Waals surface area contributed by atoms with Crippen LogP contribution in [0.25, 0.3) is 0 Å². The summed E-state index contributed by atoms with van der Waals surface area (Å²) in [5.41, 5.74) is 0.272. The molecular weight excluding hydrogens is 160 g/mol. The van der Waals surface area contributed by atoms with Gasteiger partial charge in [-0.3, -0.25) is 0 Å². The molecule has 0 saturated carbocycles. The van der Waals surface area contributed by atoms with Crippen molar-refractivity contribution in [1.29, 1.82) is 5.26 Å². The molecule has 0 fully saturated rings. The Labute approximate surface area is 70.0 Å². The summed E-state index contributed by atoms with van der Waals surface area (Å²) in [6.07, 6.45) is 0.384. The van der Waals surface area contributed by atoms with Crippen LogP contribution in [0.1, 0.15) is 20.3 Å². The fourth-order valence-electron chi connectivity index (χ4n) is 0.482. The monoisotopic (exact) mass is 171 g/mol. The molecule has 11 heavy (non-hydrogen) atoms. The first-order valence-corrected chi connectivity index (χ1v) is 4.63. The molecule has 0 aromatic heterocycles. The highest BCUT2D eigenvalue weighted by atomic mass is 31.2. The van der Waals surface area contributed by atoms with Crippen LogP contribution in [-0.4, -0.2) is 20.3 Å². The highest BCUT2D eigenvalue weighted by molar-refractivity contribution is 7.48. The third-order valence-electron chi connectivity index (χ3n) is 0.958. The summed E-state index contributed by atoms with van der Waals surface area (Å²) in [4.78, 5) is 0. The van der Waals surface area contributed by atoms with Crippen molar-refractivity contribution in [3.8, 4) is 6.07 Å². The number of hydrogen-bond donors (Lipinski definition) is 0. The van der Waals surface area contributed by atoms with Gasteiger partial charge in [-0.1, -0.05) is 13.8 Å². The number of hydrogen-bond acceptors (Lipinski definition) is 3. The van der Waals surface area contributed by atoms with Crippen molar-refractivity contribution in [2.45, 2.75) is 25.9 Å². The Morgan fingerprint density at radius 2 is 2.27 bits per heavy atom. The van der Waals surface area contributed by atoms with E-state index in [0.29, 0.717) is 13.0 Å². The Morgan fingerprint density at radius 1 is 1.64 bits per heavy atom. The van der Waals surface area contributed by atoms with E-state index in [9.17, 15) is 0 Å². The maximum absolute atomic E-state index is 8.20. The normalized spacial score (nSPS) is 12.9. The second-order valence-corrected chi connectivity index (χ2v) is 4.30. The maximum Gasteiger partial charge on any atom is 0.292 e. The lowest BCUT2D eigenvalue weighted by Gasteiger charge is -2.18. The predicted octanol–water partition coefficient (Wildman–Crippen LogP) is 1.74. The van der Waals surface area contributed by atoms with E-state index in [0.717, 1.165) is 0 Å². The van der Waals surface area contributed by atoms with Gasteiger partial charge in [-0.15, -0.1) is 0 Å². The Morgan fingerprint density at radius 3 is 2.64 bits per heavy atom. The topological polar surface area (TPSA) is 42.2 Å². The average Bonchev–Trinajstić information content (AvgIpc) is 1.97. The van der Waals surface area contributed by atoms with Gasteiger partial charge in [0.25, 0.3) is 8.05 Å². The third kappa shape index (κ3) is 5.20. The molecule has 5 heteroatoms. The van der Waals surface area contributed by atoms with Gasteiger partial charge in [0.2, 0.25) is 0 Å². The van der Waals surface area contributed by atoms with E-state index in [1.807, 2.05) is 19.9 Å². The summed E-state index contributed by atoms with van der Waals surface area (Å²) in [5, 5.41) is 8.20. The first-order chi connectivity index (χ1) is 5.22. The summed E-state index contributed by atoms with van der Waals surface area (Å²) in [7, 11) is 3.97. The van der Waals surface area contributed by atoms with E-state index >= 15 is 0 Å². The summed E-state index contributed by atoms with van der Waals surface area (Å²) >= 11 is 0. The first-order valence-electron chi connectivity index (χ1n) is 3.38. The minimum absolute atomic E-state index is 0.272. The van der Waals surface area contributed by atoms with Gasteiger partial charge < -0.3 is 8.96 Å². The molecule has 0 heterocycles. The lowest BCUT2D eigenvalue weighted by atomic mass is 10.5. The Balaban J connectivity index is 3.46. The smallest absolute Gasteiger partial charge is 0.292 e. The number of nitrogens with zero attached hydrogens (tertiary/aromatic N) is 1. The molecule has 0 N–H and O–H groups in total. The first kappa shape index (κ1) is 10.9. The molecule has 60 valence electrons. The van der Waals surface area contributed by atoms with Gasteiger partial charge in [0.1, 0.15) is 0 Å². The lowest BCUT2D eigenvalue weighted by molar-refractivity contribution is 0.322. The quantitative estimate of drug-likeness (QED) is 0.359. The average molecular weight is 171 g/mol. The summed E-state index contributed by atoms with van der Waals surface area (Å²) in [5.74, 6) is 0. The SMILES string of the molecule is [B]OP(OCCC#N)C(C)C. The molecule has 0 aliphatic carbocycles. The van der Waals surface area contributed by atoms with E-state index in [4.69, 9.17) is 17.8 Å². The molecule has 0 rings (SSSR count). The van der Waals surface area contributed by atoms with Crippen LogP contribution in [0.5, 0.6) is 0 Å². The van der Waals surface area contributed by atoms with Crippen LogP contribution in [-0.2, 0) is 8.96 Å². The van der Waals surface area contributed by atoms with Gasteiger partial charge in [0.05, 0.1) is 19.1 Å². The highest BCUT2D eigenvalue weighted by Gasteiger charge is 2.11. The maximum atomic E-state index is 8.20. The van der Waals surface area contributed by atoms with Crippen LogP contribution in [0.3, 0.4) is 0 Å². The van der Waals surface area contributed by atoms with Crippen LogP contribution in [0.4, 0.5) is 0 Å². The van der Waals surface area contributed by atoms with Crippen LogP contribution < -0.4 is 0 Å². The largest absolute Gasteiger partial charge is 0.408 e. The molecule has 0 aliphatic rings. The molecule has 1 atom stereocenters. The summed E-state index contributed by atoms with van der Waals surface area (Å²) < 4.78 is 9.78. The van der Waals surface area contributed by atoms with Crippen LogP contribution >= 0.6 is 8.38 Å². The third-order valence-corrected chi connectivity index (χ3v) is 2.45. The molecule has 2 radical (unpaired) electrons. The minimum Gasteiger partial charge on any atom is -0.408 e. The molecule has 0 saturated heterocycles. The van der Waals surface area contributed by atoms with Gasteiger partial charge >= 0.3 is 0 Å². The number of nitriles is 1. The summed E-state index contributed by atoms with van der Waals surface area (Å²) in [6.45, 7) is 4.33. The molecule has 0 aromatic rings. The molecule has 0 aliphatic heterocycles. The van der Waals surface area contributed by atoms with Crippen molar-refractivity contribution < 1.29 is 8.96 Å². The van der Waals surface area contributed by atoms with Crippen LogP contribution in [0, 0.1) is 11.3 Å². The highest BCUT2D eigenvalue weighted by Crippen LogP contribution is 2.41. The molecule has 0 bridgehead atoms. The van der Waals surface area contributed by atoms with E-state index < -0.39 is 8.38 Å². The Bertz CT molecular complexity index is 137. The summed E-state index contributed by atoms with van der Waals surface area (Å²) in [6, 6.07) is 1.98. The molecule has 0 aromatic carbocycles. The van der Waals surface area contributed by atoms with Crippen molar-refractivity contribution >= 4 is 16.4 Å². The zero-order chi connectivity index (χ0) is 8.69. The Kier molecular flexibility index (Phi) is 6.55. The second-order valence-electron chi connectivity index (χ2n) is 2.23. The van der Waals surface area contributed by atoms with Crippen molar-refractivity contribution in [2.75, 3.05) is 6.61 Å². The van der Waals surface area contributed by atoms with E-state index in [1.165, 1.54) is 0 Å². The van der Waals surface area contributed by atoms with Gasteiger partial charge in [0.15, 0.2) is 8.38 Å². The van der Waals surface area contributed by atoms with Gasteiger partial charge in [0, 0.05) is 5.66 Å². The van der Waals surface area contributed by atoms with Crippen molar-refractivity contribution in [2.24, 2.45) is 0 Å². The molecular formula is C6H11BNO2P. The van der Waals surface area contributed by atoms with Crippen molar-refractivity contribution in [3.05, 3.63) is 0 Å². The minimum atomic E-state index is -1.00. The second kappa shape index (κ2) is 6.60. The molecule has 1 unspecified atom stereocenters. The standard InChI is InChI=1S/C6H11BNO2P/c1-6(2)11(10-7)9-5-3-4-8/h6H,3,5H2,1-2H3. The zero-order valence-corrected chi connectivity index (χ0v) is 7.67. The van der Waals surface area contributed by atoms with Crippen molar-refractivity contribution in [1.82, 2.24) is 0 Å². The fraction of sp³-hybridized carbons (Fsp3) is 0.833. The van der Waals surface area contributed by atoms with Crippen molar-refractivity contribution in [3.63, 3.8) is 0 Å². The molecule has 0 spiro atoms. The zero-order valence-electron chi connectivity index (χ0n) is 6.78. The Hall–Kier alpha value is -0.0951. The predicted molar refractivity (Wildman–Crippen MR) is 45.1 cm³/mol. The van der Waals surface area contributed by atoms with Crippen LogP contribution in [0.15, 0.2) is 0 Å². The van der Waals surface area contributed by atoms with E-state index in [1.54, 1.807) is 0 Å². The van der Waals surface area contributed by atoms with Gasteiger partial charge in [-0.25, -0.2) is 0 Å². The lowest BCUT2D eigenvalue weighted by Crippen LogP contribution is -2.00. The number of rotatable bonds is 5. The van der Waals surface area contributed by atoms with E-state index in [-0.39, 0.29) is 5.66 Å². The van der Waals surface area contributed by atoms with Gasteiger partial charge in [-0.05, 0) is 0 Å². The molecule has 3 nitrogen and oxygen atoms in total.